The standard InChI is InChI=1S/C14H29NO3/c1-6-17-13(18-7-2)8-9-15-11-10-12(16-5)14(11,3)4/h11-13,15H,6-10H2,1-5H3. The van der Waals surface area contributed by atoms with E-state index in [0.717, 1.165) is 19.4 Å². The highest BCUT2D eigenvalue weighted by molar-refractivity contribution is 5.02. The molecule has 4 nitrogen and oxygen atoms in total. The monoisotopic (exact) mass is 259 g/mol. The van der Waals surface area contributed by atoms with Crippen LogP contribution in [-0.2, 0) is 14.2 Å². The third kappa shape index (κ3) is 3.92. The van der Waals surface area contributed by atoms with Crippen molar-refractivity contribution in [3.63, 3.8) is 0 Å². The van der Waals surface area contributed by atoms with E-state index in [4.69, 9.17) is 14.2 Å². The van der Waals surface area contributed by atoms with Gasteiger partial charge in [0.1, 0.15) is 0 Å². The van der Waals surface area contributed by atoms with Crippen molar-refractivity contribution in [3.8, 4) is 0 Å². The first-order valence-electron chi connectivity index (χ1n) is 7.05. The summed E-state index contributed by atoms with van der Waals surface area (Å²) in [7, 11) is 1.79. The Morgan fingerprint density at radius 1 is 1.22 bits per heavy atom. The van der Waals surface area contributed by atoms with Gasteiger partial charge in [-0.05, 0) is 20.3 Å². The van der Waals surface area contributed by atoms with E-state index >= 15 is 0 Å². The normalized spacial score (nSPS) is 26.3. The lowest BCUT2D eigenvalue weighted by atomic mass is 9.64. The molecule has 1 rings (SSSR count). The topological polar surface area (TPSA) is 39.7 Å². The van der Waals surface area contributed by atoms with E-state index in [1.165, 1.54) is 0 Å². The zero-order valence-electron chi connectivity index (χ0n) is 12.5. The van der Waals surface area contributed by atoms with Crippen LogP contribution < -0.4 is 5.32 Å². The van der Waals surface area contributed by atoms with Crippen molar-refractivity contribution in [2.75, 3.05) is 26.9 Å². The maximum absolute atomic E-state index is 5.52. The summed E-state index contributed by atoms with van der Waals surface area (Å²) in [6, 6.07) is 0.534. The number of ether oxygens (including phenoxy) is 3. The predicted molar refractivity (Wildman–Crippen MR) is 72.6 cm³/mol. The van der Waals surface area contributed by atoms with E-state index in [0.29, 0.717) is 25.4 Å². The lowest BCUT2D eigenvalue weighted by Crippen LogP contribution is -2.60. The molecule has 4 heteroatoms. The Hall–Kier alpha value is -0.160. The van der Waals surface area contributed by atoms with Crippen LogP contribution in [0.25, 0.3) is 0 Å². The summed E-state index contributed by atoms with van der Waals surface area (Å²) in [4.78, 5) is 0. The first-order valence-corrected chi connectivity index (χ1v) is 7.05. The first kappa shape index (κ1) is 15.9. The van der Waals surface area contributed by atoms with Crippen LogP contribution in [0.3, 0.4) is 0 Å². The molecule has 0 aliphatic heterocycles. The molecular formula is C14H29NO3. The average Bonchev–Trinajstić information content (AvgIpc) is 2.33. The van der Waals surface area contributed by atoms with Gasteiger partial charge in [0, 0.05) is 44.7 Å². The van der Waals surface area contributed by atoms with Crippen molar-refractivity contribution in [3.05, 3.63) is 0 Å². The molecule has 0 heterocycles. The average molecular weight is 259 g/mol. The van der Waals surface area contributed by atoms with Crippen LogP contribution in [0.2, 0.25) is 0 Å². The van der Waals surface area contributed by atoms with Crippen molar-refractivity contribution < 1.29 is 14.2 Å². The molecule has 2 atom stereocenters. The van der Waals surface area contributed by atoms with Gasteiger partial charge in [-0.25, -0.2) is 0 Å². The number of methoxy groups -OCH3 is 1. The predicted octanol–water partition coefficient (Wildman–Crippen LogP) is 2.18. The van der Waals surface area contributed by atoms with Gasteiger partial charge in [-0.2, -0.15) is 0 Å². The lowest BCUT2D eigenvalue weighted by molar-refractivity contribution is -0.141. The third-order valence-corrected chi connectivity index (χ3v) is 3.94. The quantitative estimate of drug-likeness (QED) is 0.644. The number of hydrogen-bond donors (Lipinski definition) is 1. The molecule has 1 fully saturated rings. The van der Waals surface area contributed by atoms with Crippen LogP contribution in [0.4, 0.5) is 0 Å². The molecule has 0 aromatic rings. The molecule has 2 unspecified atom stereocenters. The van der Waals surface area contributed by atoms with E-state index in [1.807, 2.05) is 13.8 Å². The van der Waals surface area contributed by atoms with Gasteiger partial charge in [0.25, 0.3) is 0 Å². The minimum absolute atomic E-state index is 0.0751. The number of nitrogens with one attached hydrogen (secondary N) is 1. The first-order chi connectivity index (χ1) is 8.56. The molecule has 0 spiro atoms. The molecular weight excluding hydrogens is 230 g/mol. The molecule has 1 saturated carbocycles. The maximum atomic E-state index is 5.52. The van der Waals surface area contributed by atoms with Crippen LogP contribution in [0.5, 0.6) is 0 Å². The molecule has 0 aromatic heterocycles. The number of hydrogen-bond acceptors (Lipinski definition) is 4. The SMILES string of the molecule is CCOC(CCNC1CC(OC)C1(C)C)OCC. The fraction of sp³-hybridized carbons (Fsp3) is 1.00. The van der Waals surface area contributed by atoms with Crippen LogP contribution in [0.1, 0.15) is 40.5 Å². The Balaban J connectivity index is 2.21. The van der Waals surface area contributed by atoms with Crippen LogP contribution in [-0.4, -0.2) is 45.3 Å². The minimum atomic E-state index is -0.0751. The van der Waals surface area contributed by atoms with E-state index in [-0.39, 0.29) is 11.7 Å². The van der Waals surface area contributed by atoms with Crippen molar-refractivity contribution >= 4 is 0 Å². The second-order valence-corrected chi connectivity index (χ2v) is 5.42. The van der Waals surface area contributed by atoms with E-state index < -0.39 is 0 Å². The van der Waals surface area contributed by atoms with Crippen LogP contribution >= 0.6 is 0 Å². The lowest BCUT2D eigenvalue weighted by Gasteiger charge is -2.51. The van der Waals surface area contributed by atoms with Crippen molar-refractivity contribution in [2.24, 2.45) is 5.41 Å². The highest BCUT2D eigenvalue weighted by Crippen LogP contribution is 2.42. The summed E-state index contributed by atoms with van der Waals surface area (Å²) in [6.45, 7) is 10.8. The van der Waals surface area contributed by atoms with Crippen molar-refractivity contribution in [1.82, 2.24) is 5.32 Å². The fourth-order valence-corrected chi connectivity index (χ4v) is 2.59. The van der Waals surface area contributed by atoms with Crippen molar-refractivity contribution in [2.45, 2.75) is 59.0 Å². The molecule has 0 amide bonds. The highest BCUT2D eigenvalue weighted by atomic mass is 16.7. The van der Waals surface area contributed by atoms with Crippen LogP contribution in [0.15, 0.2) is 0 Å². The van der Waals surface area contributed by atoms with Gasteiger partial charge in [-0.1, -0.05) is 13.8 Å². The summed E-state index contributed by atoms with van der Waals surface area (Å²) in [5.74, 6) is 0. The summed E-state index contributed by atoms with van der Waals surface area (Å²) >= 11 is 0. The fourth-order valence-electron chi connectivity index (χ4n) is 2.59. The van der Waals surface area contributed by atoms with Gasteiger partial charge in [0.2, 0.25) is 0 Å². The second-order valence-electron chi connectivity index (χ2n) is 5.42. The maximum Gasteiger partial charge on any atom is 0.158 e. The molecule has 0 aromatic carbocycles. The third-order valence-electron chi connectivity index (χ3n) is 3.94. The van der Waals surface area contributed by atoms with Gasteiger partial charge in [0.05, 0.1) is 6.10 Å². The summed E-state index contributed by atoms with van der Waals surface area (Å²) in [6.07, 6.45) is 2.29. The van der Waals surface area contributed by atoms with Gasteiger partial charge in [0.15, 0.2) is 6.29 Å². The summed E-state index contributed by atoms with van der Waals surface area (Å²) < 4.78 is 16.5. The van der Waals surface area contributed by atoms with E-state index in [1.54, 1.807) is 7.11 Å². The Bertz CT molecular complexity index is 227. The van der Waals surface area contributed by atoms with E-state index in [9.17, 15) is 0 Å². The second kappa shape index (κ2) is 7.43. The Kier molecular flexibility index (Phi) is 6.57. The van der Waals surface area contributed by atoms with Crippen LogP contribution in [0, 0.1) is 5.41 Å². The Labute approximate surface area is 111 Å². The number of rotatable bonds is 9. The molecule has 0 saturated heterocycles. The summed E-state index contributed by atoms with van der Waals surface area (Å²) in [5, 5.41) is 3.58. The van der Waals surface area contributed by atoms with Gasteiger partial charge >= 0.3 is 0 Å². The van der Waals surface area contributed by atoms with Gasteiger partial charge < -0.3 is 19.5 Å². The molecule has 18 heavy (non-hydrogen) atoms. The minimum Gasteiger partial charge on any atom is -0.381 e. The molecule has 1 aliphatic rings. The molecule has 108 valence electrons. The Morgan fingerprint density at radius 2 is 1.83 bits per heavy atom. The van der Waals surface area contributed by atoms with Crippen molar-refractivity contribution in [1.29, 1.82) is 0 Å². The zero-order chi connectivity index (χ0) is 13.6. The Morgan fingerprint density at radius 3 is 2.28 bits per heavy atom. The molecule has 1 N–H and O–H groups in total. The smallest absolute Gasteiger partial charge is 0.158 e. The molecule has 0 bridgehead atoms. The highest BCUT2D eigenvalue weighted by Gasteiger charge is 2.48. The van der Waals surface area contributed by atoms with Gasteiger partial charge in [-0.15, -0.1) is 0 Å². The molecule has 1 aliphatic carbocycles. The van der Waals surface area contributed by atoms with E-state index in [2.05, 4.69) is 19.2 Å². The van der Waals surface area contributed by atoms with Gasteiger partial charge in [-0.3, -0.25) is 0 Å². The zero-order valence-corrected chi connectivity index (χ0v) is 12.5. The summed E-state index contributed by atoms with van der Waals surface area (Å²) in [5.41, 5.74) is 0.224. The largest absolute Gasteiger partial charge is 0.381 e. The molecule has 0 radical (unpaired) electrons.